The Labute approximate surface area is 109 Å². The molecule has 96 valence electrons. The van der Waals surface area contributed by atoms with Crippen molar-refractivity contribution >= 4 is 28.3 Å². The Balaban J connectivity index is 2.57. The number of nitro groups is 1. The second-order valence-corrected chi connectivity index (χ2v) is 4.41. The first kappa shape index (κ1) is 12.8. The summed E-state index contributed by atoms with van der Waals surface area (Å²) in [5, 5.41) is 11.2. The van der Waals surface area contributed by atoms with Crippen molar-refractivity contribution in [1.29, 1.82) is 0 Å². The first-order chi connectivity index (χ1) is 8.67. The van der Waals surface area contributed by atoms with Gasteiger partial charge in [0.2, 0.25) is 0 Å². The average molecular weight is 268 g/mol. The van der Waals surface area contributed by atoms with Crippen LogP contribution in [0, 0.1) is 10.1 Å². The maximum Gasteiger partial charge on any atom is 0.300 e. The Morgan fingerprint density at radius 3 is 2.89 bits per heavy atom. The van der Waals surface area contributed by atoms with Crippen molar-refractivity contribution in [1.82, 2.24) is 9.97 Å². The van der Waals surface area contributed by atoms with E-state index in [0.29, 0.717) is 23.3 Å². The van der Waals surface area contributed by atoms with Gasteiger partial charge in [-0.2, -0.15) is 0 Å². The summed E-state index contributed by atoms with van der Waals surface area (Å²) in [7, 11) is 0. The van der Waals surface area contributed by atoms with E-state index < -0.39 is 0 Å². The highest BCUT2D eigenvalue weighted by Crippen LogP contribution is 2.29. The molecular weight excluding hydrogens is 254 g/mol. The van der Waals surface area contributed by atoms with Crippen molar-refractivity contribution in [3.05, 3.63) is 33.6 Å². The third-order valence-electron chi connectivity index (χ3n) is 2.87. The van der Waals surface area contributed by atoms with E-state index in [-0.39, 0.29) is 16.5 Å². The number of nitro benzene ring substituents is 1. The van der Waals surface area contributed by atoms with Gasteiger partial charge < -0.3 is 4.98 Å². The molecule has 0 saturated carbocycles. The van der Waals surface area contributed by atoms with Crippen LogP contribution in [0.4, 0.5) is 5.69 Å². The molecule has 18 heavy (non-hydrogen) atoms. The third kappa shape index (κ3) is 2.31. The molecule has 5 nitrogen and oxygen atoms in total. The normalized spacial score (nSPS) is 11.0. The molecule has 1 aromatic carbocycles. The average Bonchev–Trinajstić information content (AvgIpc) is 2.77. The van der Waals surface area contributed by atoms with E-state index in [1.807, 2.05) is 6.07 Å². The minimum Gasteiger partial charge on any atom is -0.341 e. The van der Waals surface area contributed by atoms with Gasteiger partial charge in [0, 0.05) is 5.56 Å². The number of unbranched alkanes of at least 4 members (excludes halogenated alkanes) is 1. The number of fused-ring (bicyclic) bond motifs is 1. The number of nitrogens with zero attached hydrogens (tertiary/aromatic N) is 2. The quantitative estimate of drug-likeness (QED) is 0.511. The number of rotatable bonds is 5. The summed E-state index contributed by atoms with van der Waals surface area (Å²) >= 11 is 5.69. The van der Waals surface area contributed by atoms with E-state index in [1.54, 1.807) is 6.07 Å². The maximum atomic E-state index is 11.2. The van der Waals surface area contributed by atoms with E-state index in [0.717, 1.165) is 18.4 Å². The summed E-state index contributed by atoms with van der Waals surface area (Å²) in [6, 6.07) is 3.63. The predicted molar refractivity (Wildman–Crippen MR) is 70.9 cm³/mol. The highest BCUT2D eigenvalue weighted by Gasteiger charge is 2.20. The lowest BCUT2D eigenvalue weighted by molar-refractivity contribution is -0.383. The van der Waals surface area contributed by atoms with Crippen molar-refractivity contribution in [3.8, 4) is 0 Å². The Morgan fingerprint density at radius 2 is 2.28 bits per heavy atom. The van der Waals surface area contributed by atoms with Crippen molar-refractivity contribution in [3.63, 3.8) is 0 Å². The zero-order valence-electron chi connectivity index (χ0n) is 10.1. The molecule has 0 fully saturated rings. The van der Waals surface area contributed by atoms with Gasteiger partial charge in [-0.3, -0.25) is 10.1 Å². The number of aromatic amines is 1. The van der Waals surface area contributed by atoms with Gasteiger partial charge in [-0.1, -0.05) is 13.3 Å². The van der Waals surface area contributed by atoms with Gasteiger partial charge in [-0.15, -0.1) is 11.6 Å². The number of aryl methyl sites for hydroxylation is 1. The topological polar surface area (TPSA) is 71.8 Å². The number of imidazole rings is 1. The number of benzene rings is 1. The predicted octanol–water partition coefficient (Wildman–Crippen LogP) is 3.55. The largest absolute Gasteiger partial charge is 0.341 e. The zero-order chi connectivity index (χ0) is 13.1. The molecule has 0 unspecified atom stereocenters. The summed E-state index contributed by atoms with van der Waals surface area (Å²) in [5.41, 5.74) is 1.91. The summed E-state index contributed by atoms with van der Waals surface area (Å²) in [4.78, 5) is 18.0. The van der Waals surface area contributed by atoms with E-state index in [1.165, 1.54) is 0 Å². The summed E-state index contributed by atoms with van der Waals surface area (Å²) < 4.78 is 0. The molecule has 0 aliphatic rings. The van der Waals surface area contributed by atoms with Crippen molar-refractivity contribution in [2.24, 2.45) is 0 Å². The molecule has 0 amide bonds. The molecule has 1 heterocycles. The zero-order valence-corrected chi connectivity index (χ0v) is 10.8. The molecule has 0 spiro atoms. The summed E-state index contributed by atoms with van der Waals surface area (Å²) in [6.45, 7) is 2.06. The molecule has 1 N–H and O–H groups in total. The van der Waals surface area contributed by atoms with Gasteiger partial charge in [0.05, 0.1) is 16.3 Å². The number of halogens is 1. The van der Waals surface area contributed by atoms with Crippen molar-refractivity contribution in [2.45, 2.75) is 32.1 Å². The maximum absolute atomic E-state index is 11.2. The van der Waals surface area contributed by atoms with Crippen LogP contribution in [0.25, 0.3) is 11.0 Å². The van der Waals surface area contributed by atoms with Crippen LogP contribution in [0.2, 0.25) is 0 Å². The lowest BCUT2D eigenvalue weighted by Gasteiger charge is -2.02. The van der Waals surface area contributed by atoms with Crippen molar-refractivity contribution < 1.29 is 4.92 Å². The molecule has 0 atom stereocenters. The second kappa shape index (κ2) is 5.35. The molecular formula is C12H14ClN3O2. The SMILES string of the molecule is CCCCc1ccc2[nH]c(CCl)nc2c1[N+](=O)[O-]. The van der Waals surface area contributed by atoms with Crippen LogP contribution >= 0.6 is 11.6 Å². The van der Waals surface area contributed by atoms with E-state index in [4.69, 9.17) is 11.6 Å². The molecule has 2 aromatic rings. The minimum absolute atomic E-state index is 0.105. The summed E-state index contributed by atoms with van der Waals surface area (Å²) in [5.74, 6) is 0.776. The summed E-state index contributed by atoms with van der Waals surface area (Å²) in [6.07, 6.45) is 2.63. The number of alkyl halides is 1. The van der Waals surface area contributed by atoms with Crippen LogP contribution in [-0.4, -0.2) is 14.9 Å². The van der Waals surface area contributed by atoms with Gasteiger partial charge in [-0.05, 0) is 25.0 Å². The number of hydrogen-bond donors (Lipinski definition) is 1. The monoisotopic (exact) mass is 267 g/mol. The molecule has 2 rings (SSSR count). The second-order valence-electron chi connectivity index (χ2n) is 4.15. The Morgan fingerprint density at radius 1 is 1.50 bits per heavy atom. The fraction of sp³-hybridized carbons (Fsp3) is 0.417. The van der Waals surface area contributed by atoms with Crippen molar-refractivity contribution in [2.75, 3.05) is 0 Å². The minimum atomic E-state index is -0.355. The van der Waals surface area contributed by atoms with Gasteiger partial charge in [0.1, 0.15) is 5.82 Å². The third-order valence-corrected chi connectivity index (χ3v) is 3.12. The van der Waals surface area contributed by atoms with Crippen LogP contribution in [0.15, 0.2) is 12.1 Å². The first-order valence-electron chi connectivity index (χ1n) is 5.88. The first-order valence-corrected chi connectivity index (χ1v) is 6.41. The van der Waals surface area contributed by atoms with Crippen LogP contribution in [0.5, 0.6) is 0 Å². The molecule has 0 aliphatic heterocycles. The lowest BCUT2D eigenvalue weighted by atomic mass is 10.1. The fourth-order valence-electron chi connectivity index (χ4n) is 1.99. The molecule has 0 aliphatic carbocycles. The Kier molecular flexibility index (Phi) is 3.81. The van der Waals surface area contributed by atoms with E-state index >= 15 is 0 Å². The van der Waals surface area contributed by atoms with Gasteiger partial charge in [-0.25, -0.2) is 4.98 Å². The van der Waals surface area contributed by atoms with Crippen LogP contribution < -0.4 is 0 Å². The van der Waals surface area contributed by atoms with Gasteiger partial charge in [0.15, 0.2) is 5.52 Å². The van der Waals surface area contributed by atoms with Gasteiger partial charge in [0.25, 0.3) is 5.69 Å². The standard InChI is InChI=1S/C12H14ClN3O2/c1-2-3-4-8-5-6-9-11(12(8)16(17)18)15-10(7-13)14-9/h5-6H,2-4,7H2,1H3,(H,14,15). The highest BCUT2D eigenvalue weighted by molar-refractivity contribution is 6.16. The Hall–Kier alpha value is -1.62. The molecule has 0 bridgehead atoms. The van der Waals surface area contributed by atoms with E-state index in [9.17, 15) is 10.1 Å². The van der Waals surface area contributed by atoms with Crippen LogP contribution in [0.3, 0.4) is 0 Å². The smallest absolute Gasteiger partial charge is 0.300 e. The van der Waals surface area contributed by atoms with E-state index in [2.05, 4.69) is 16.9 Å². The van der Waals surface area contributed by atoms with Crippen LogP contribution in [-0.2, 0) is 12.3 Å². The number of H-pyrrole nitrogens is 1. The molecule has 0 saturated heterocycles. The molecule has 6 heteroatoms. The van der Waals surface area contributed by atoms with Gasteiger partial charge >= 0.3 is 0 Å². The molecule has 1 aromatic heterocycles. The highest BCUT2D eigenvalue weighted by atomic mass is 35.5. The number of nitrogens with one attached hydrogen (secondary N) is 1. The fourth-order valence-corrected chi connectivity index (χ4v) is 2.12. The Bertz CT molecular complexity index is 580. The number of hydrogen-bond acceptors (Lipinski definition) is 3. The van der Waals surface area contributed by atoms with Crippen LogP contribution in [0.1, 0.15) is 31.2 Å². The lowest BCUT2D eigenvalue weighted by Crippen LogP contribution is -1.97. The number of aromatic nitrogens is 2. The molecule has 0 radical (unpaired) electrons.